The second kappa shape index (κ2) is 9.85. The molecule has 0 aliphatic carbocycles. The molecule has 0 aliphatic rings. The van der Waals surface area contributed by atoms with Crippen molar-refractivity contribution in [2.24, 2.45) is 0 Å². The first kappa shape index (κ1) is 23.0. The molecule has 36 heavy (non-hydrogen) atoms. The summed E-state index contributed by atoms with van der Waals surface area (Å²) in [7, 11) is 1.94. The van der Waals surface area contributed by atoms with Crippen molar-refractivity contribution in [1.82, 2.24) is 14.5 Å². The maximum atomic E-state index is 13.6. The van der Waals surface area contributed by atoms with Gasteiger partial charge in [0.25, 0.3) is 5.56 Å². The van der Waals surface area contributed by atoms with E-state index in [4.69, 9.17) is 15.4 Å². The van der Waals surface area contributed by atoms with Gasteiger partial charge in [0, 0.05) is 36.0 Å². The minimum absolute atomic E-state index is 0.0665. The summed E-state index contributed by atoms with van der Waals surface area (Å²) in [5, 5.41) is 11.3. The van der Waals surface area contributed by atoms with Crippen LogP contribution >= 0.6 is 0 Å². The van der Waals surface area contributed by atoms with Crippen molar-refractivity contribution < 1.29 is 0 Å². The molecule has 5 rings (SSSR count). The van der Waals surface area contributed by atoms with E-state index >= 15 is 0 Å². The fourth-order valence-corrected chi connectivity index (χ4v) is 4.51. The van der Waals surface area contributed by atoms with Crippen molar-refractivity contribution in [3.63, 3.8) is 0 Å². The van der Waals surface area contributed by atoms with Gasteiger partial charge in [-0.3, -0.25) is 4.79 Å². The molecule has 5 aromatic rings. The largest absolute Gasteiger partial charge is 0.355 e. The molecule has 0 saturated heterocycles. The fourth-order valence-electron chi connectivity index (χ4n) is 4.51. The molecular formula is C30H25N5O. The molecule has 0 radical (unpaired) electrons. The molecule has 0 spiro atoms. The Morgan fingerprint density at radius 3 is 2.36 bits per heavy atom. The molecule has 6 heteroatoms. The minimum Gasteiger partial charge on any atom is -0.355 e. The lowest BCUT2D eigenvalue weighted by Crippen LogP contribution is -2.25. The van der Waals surface area contributed by atoms with Crippen LogP contribution in [-0.2, 0) is 6.54 Å². The highest BCUT2D eigenvalue weighted by molar-refractivity contribution is 6.05. The van der Waals surface area contributed by atoms with E-state index in [0.29, 0.717) is 17.8 Å². The Kier molecular flexibility index (Phi) is 6.29. The van der Waals surface area contributed by atoms with E-state index in [1.165, 1.54) is 6.21 Å². The summed E-state index contributed by atoms with van der Waals surface area (Å²) in [6.07, 6.45) is 3.06. The molecule has 0 bridgehead atoms. The first-order chi connectivity index (χ1) is 17.6. The number of hydrogen-bond acceptors (Lipinski definition) is 5. The van der Waals surface area contributed by atoms with Crippen LogP contribution in [0.15, 0.2) is 89.2 Å². The van der Waals surface area contributed by atoms with Gasteiger partial charge in [-0.2, -0.15) is 0 Å². The molecule has 2 aromatic heterocycles. The van der Waals surface area contributed by atoms with Gasteiger partial charge in [-0.1, -0.05) is 54.5 Å². The zero-order chi connectivity index (χ0) is 25.1. The number of rotatable bonds is 6. The number of anilines is 1. The number of benzene rings is 3. The Balaban J connectivity index is 1.65. The molecular weight excluding hydrogens is 446 g/mol. The maximum absolute atomic E-state index is 13.6. The lowest BCUT2D eigenvalue weighted by atomic mass is 10.1. The third kappa shape index (κ3) is 4.23. The quantitative estimate of drug-likeness (QED) is 0.210. The van der Waals surface area contributed by atoms with E-state index in [2.05, 4.69) is 11.8 Å². The molecule has 0 unspecified atom stereocenters. The van der Waals surface area contributed by atoms with Crippen molar-refractivity contribution in [2.45, 2.75) is 13.5 Å². The summed E-state index contributed by atoms with van der Waals surface area (Å²) >= 11 is 0. The van der Waals surface area contributed by atoms with Crippen molar-refractivity contribution in [1.29, 1.82) is 5.41 Å². The standard InChI is InChI=1S/C30H25N5O/c1-3-4-11-21(18-31)19-34(2)29-25-15-7-9-16-26(25)32-28(33-29)20-35-27-17-10-8-13-23(27)22-12-5-6-14-24(22)30(35)36/h5-18,31H,19-20H2,1-2H3/b21-11+,31-18?. The Hall–Kier alpha value is -4.76. The summed E-state index contributed by atoms with van der Waals surface area (Å²) in [6.45, 7) is 2.48. The Bertz CT molecular complexity index is 1770. The van der Waals surface area contributed by atoms with Crippen molar-refractivity contribution in [3.8, 4) is 11.8 Å². The number of pyridine rings is 1. The van der Waals surface area contributed by atoms with E-state index in [1.54, 1.807) is 17.6 Å². The average molecular weight is 472 g/mol. The number of allylic oxidation sites excluding steroid dienone is 1. The summed E-state index contributed by atoms with van der Waals surface area (Å²) < 4.78 is 1.76. The van der Waals surface area contributed by atoms with Crippen molar-refractivity contribution in [3.05, 3.63) is 101 Å². The molecule has 0 fully saturated rings. The third-order valence-electron chi connectivity index (χ3n) is 6.19. The lowest BCUT2D eigenvalue weighted by molar-refractivity contribution is 0.750. The normalized spacial score (nSPS) is 11.4. The number of nitrogens with one attached hydrogen (secondary N) is 1. The van der Waals surface area contributed by atoms with Gasteiger partial charge in [-0.25, -0.2) is 9.97 Å². The van der Waals surface area contributed by atoms with Crippen molar-refractivity contribution >= 4 is 44.6 Å². The monoisotopic (exact) mass is 471 g/mol. The molecule has 1 N–H and O–H groups in total. The highest BCUT2D eigenvalue weighted by Crippen LogP contribution is 2.26. The van der Waals surface area contributed by atoms with Gasteiger partial charge in [-0.15, -0.1) is 5.92 Å². The molecule has 176 valence electrons. The second-order valence-corrected chi connectivity index (χ2v) is 8.55. The molecule has 0 aliphatic heterocycles. The van der Waals surface area contributed by atoms with Crippen LogP contribution in [0.2, 0.25) is 0 Å². The number of hydrogen-bond donors (Lipinski definition) is 1. The van der Waals surface area contributed by atoms with E-state index < -0.39 is 0 Å². The van der Waals surface area contributed by atoms with Gasteiger partial charge >= 0.3 is 0 Å². The summed E-state index contributed by atoms with van der Waals surface area (Å²) in [6, 6.07) is 23.5. The summed E-state index contributed by atoms with van der Waals surface area (Å²) in [4.78, 5) is 25.3. The van der Waals surface area contributed by atoms with Crippen LogP contribution in [0.4, 0.5) is 5.82 Å². The molecule has 3 aromatic carbocycles. The third-order valence-corrected chi connectivity index (χ3v) is 6.19. The second-order valence-electron chi connectivity index (χ2n) is 8.55. The van der Waals surface area contributed by atoms with E-state index in [9.17, 15) is 4.79 Å². The predicted octanol–water partition coefficient (Wildman–Crippen LogP) is 5.18. The van der Waals surface area contributed by atoms with Crippen molar-refractivity contribution in [2.75, 3.05) is 18.5 Å². The smallest absolute Gasteiger partial charge is 0.259 e. The van der Waals surface area contributed by atoms with Crippen LogP contribution in [0.3, 0.4) is 0 Å². The van der Waals surface area contributed by atoms with Crippen LogP contribution < -0.4 is 10.5 Å². The number of para-hydroxylation sites is 2. The van der Waals surface area contributed by atoms with Gasteiger partial charge in [0.15, 0.2) is 5.82 Å². The van der Waals surface area contributed by atoms with Crippen LogP contribution in [0.1, 0.15) is 12.7 Å². The lowest BCUT2D eigenvalue weighted by Gasteiger charge is -2.21. The van der Waals surface area contributed by atoms with Gasteiger partial charge in [0.2, 0.25) is 0 Å². The predicted molar refractivity (Wildman–Crippen MR) is 148 cm³/mol. The highest BCUT2D eigenvalue weighted by atomic mass is 16.1. The zero-order valence-corrected chi connectivity index (χ0v) is 20.2. The average Bonchev–Trinajstić information content (AvgIpc) is 2.92. The van der Waals surface area contributed by atoms with Crippen LogP contribution in [0.5, 0.6) is 0 Å². The zero-order valence-electron chi connectivity index (χ0n) is 20.2. The number of likely N-dealkylation sites (N-methyl/N-ethyl adjacent to an activating group) is 1. The van der Waals surface area contributed by atoms with Gasteiger partial charge in [-0.05, 0) is 48.2 Å². The van der Waals surface area contributed by atoms with Gasteiger partial charge in [0.1, 0.15) is 5.82 Å². The summed E-state index contributed by atoms with van der Waals surface area (Å²) in [5.74, 6) is 7.04. The van der Waals surface area contributed by atoms with E-state index in [0.717, 1.165) is 38.6 Å². The van der Waals surface area contributed by atoms with E-state index in [-0.39, 0.29) is 12.1 Å². The highest BCUT2D eigenvalue weighted by Gasteiger charge is 2.16. The molecule has 6 nitrogen and oxygen atoms in total. The van der Waals surface area contributed by atoms with Gasteiger partial charge in [0.05, 0.1) is 17.6 Å². The molecule has 0 saturated carbocycles. The molecule has 0 atom stereocenters. The number of nitrogens with zero attached hydrogens (tertiary/aromatic N) is 4. The topological polar surface area (TPSA) is 74.9 Å². The Morgan fingerprint density at radius 1 is 0.944 bits per heavy atom. The molecule has 0 amide bonds. The fraction of sp³-hybridized carbons (Fsp3) is 0.133. The van der Waals surface area contributed by atoms with Crippen LogP contribution in [0.25, 0.3) is 32.6 Å². The molecule has 2 heterocycles. The van der Waals surface area contributed by atoms with E-state index in [1.807, 2.05) is 84.7 Å². The Labute approximate surface area is 209 Å². The SMILES string of the molecule is CC#C/C=C(\C=N)CN(C)c1nc(Cn2c(=O)c3ccccc3c3ccccc32)nc2ccccc12. The maximum Gasteiger partial charge on any atom is 0.259 e. The Morgan fingerprint density at radius 2 is 1.61 bits per heavy atom. The number of aromatic nitrogens is 3. The van der Waals surface area contributed by atoms with Gasteiger partial charge < -0.3 is 14.9 Å². The minimum atomic E-state index is -0.0665. The van der Waals surface area contributed by atoms with Crippen LogP contribution in [-0.4, -0.2) is 34.3 Å². The number of fused-ring (bicyclic) bond motifs is 4. The first-order valence-electron chi connectivity index (χ1n) is 11.7. The van der Waals surface area contributed by atoms with Crippen LogP contribution in [0, 0.1) is 17.3 Å². The first-order valence-corrected chi connectivity index (χ1v) is 11.7. The summed E-state index contributed by atoms with van der Waals surface area (Å²) in [5.41, 5.74) is 2.35.